The van der Waals surface area contributed by atoms with Crippen LogP contribution in [0.15, 0.2) is 206 Å². The molecule has 1 heteroatoms. The zero-order valence-corrected chi connectivity index (χ0v) is 34.1. The molecule has 0 amide bonds. The average molecular weight is 772 g/mol. The van der Waals surface area contributed by atoms with Crippen molar-refractivity contribution in [2.24, 2.45) is 17.8 Å². The minimum atomic E-state index is -0.488. The maximum Gasteiger partial charge on any atom is 0.0714 e. The summed E-state index contributed by atoms with van der Waals surface area (Å²) in [5.41, 5.74) is 17.6. The third-order valence-corrected chi connectivity index (χ3v) is 14.9. The van der Waals surface area contributed by atoms with Crippen molar-refractivity contribution in [3.05, 3.63) is 234 Å². The minimum Gasteiger partial charge on any atom is -0.310 e. The standard InChI is InChI=1S/C59H49N/c1-4-16-44(17-5-1)50-22-10-11-23-51(50)54-25-13-15-27-57(54)60(48-30-28-45(29-31-48)58-38-41-34-42(39-58)36-43(35-41)40-58)49-32-33-53-52-24-12-14-26-55(52)59(56(53)37-49,46-18-6-2-7-19-46)47-20-8-3-9-21-47/h1-33,37,41-43H,34-36,38-40H2. The molecule has 5 aliphatic carbocycles. The van der Waals surface area contributed by atoms with Crippen LogP contribution in [0.25, 0.3) is 33.4 Å². The molecule has 4 fully saturated rings. The molecule has 290 valence electrons. The maximum absolute atomic E-state index is 2.55. The number of fused-ring (bicyclic) bond motifs is 3. The molecule has 0 N–H and O–H groups in total. The van der Waals surface area contributed by atoms with Crippen LogP contribution in [0.1, 0.15) is 66.3 Å². The number of anilines is 3. The Bertz CT molecular complexity index is 2760. The molecule has 8 aromatic carbocycles. The Kier molecular flexibility index (Phi) is 8.34. The third-order valence-electron chi connectivity index (χ3n) is 14.9. The van der Waals surface area contributed by atoms with Crippen molar-refractivity contribution in [3.63, 3.8) is 0 Å². The molecule has 1 nitrogen and oxygen atoms in total. The van der Waals surface area contributed by atoms with Gasteiger partial charge in [-0.3, -0.25) is 0 Å². The molecule has 0 atom stereocenters. The van der Waals surface area contributed by atoms with Gasteiger partial charge in [0, 0.05) is 16.9 Å². The van der Waals surface area contributed by atoms with Gasteiger partial charge in [-0.15, -0.1) is 0 Å². The summed E-state index contributed by atoms with van der Waals surface area (Å²) in [4.78, 5) is 2.55. The van der Waals surface area contributed by atoms with Crippen molar-refractivity contribution in [2.75, 3.05) is 4.90 Å². The first-order valence-electron chi connectivity index (χ1n) is 22.2. The Hall–Kier alpha value is -6.44. The van der Waals surface area contributed by atoms with E-state index in [-0.39, 0.29) is 0 Å². The second kappa shape index (κ2) is 14.1. The largest absolute Gasteiger partial charge is 0.310 e. The normalized spacial score (nSPS) is 21.6. The van der Waals surface area contributed by atoms with Crippen molar-refractivity contribution in [1.29, 1.82) is 0 Å². The number of benzene rings is 8. The van der Waals surface area contributed by atoms with E-state index in [9.17, 15) is 0 Å². The van der Waals surface area contributed by atoms with Gasteiger partial charge >= 0.3 is 0 Å². The number of hydrogen-bond donors (Lipinski definition) is 0. The zero-order chi connectivity index (χ0) is 39.7. The Labute approximate surface area is 355 Å². The summed E-state index contributed by atoms with van der Waals surface area (Å²) >= 11 is 0. The Morgan fingerprint density at radius 1 is 0.350 bits per heavy atom. The van der Waals surface area contributed by atoms with E-state index >= 15 is 0 Å². The van der Waals surface area contributed by atoms with E-state index in [0.717, 1.165) is 23.4 Å². The highest BCUT2D eigenvalue weighted by atomic mass is 15.1. The molecule has 0 aromatic heterocycles. The van der Waals surface area contributed by atoms with E-state index in [2.05, 4.69) is 211 Å². The van der Waals surface area contributed by atoms with Crippen LogP contribution in [-0.2, 0) is 10.8 Å². The summed E-state index contributed by atoms with van der Waals surface area (Å²) in [5, 5.41) is 0. The summed E-state index contributed by atoms with van der Waals surface area (Å²) in [6, 6.07) is 77.4. The predicted molar refractivity (Wildman–Crippen MR) is 249 cm³/mol. The van der Waals surface area contributed by atoms with E-state index in [0.29, 0.717) is 5.41 Å². The number of rotatable bonds is 8. The molecule has 60 heavy (non-hydrogen) atoms. The van der Waals surface area contributed by atoms with Crippen LogP contribution in [0.2, 0.25) is 0 Å². The Morgan fingerprint density at radius 2 is 0.833 bits per heavy atom. The van der Waals surface area contributed by atoms with E-state index in [1.54, 1.807) is 5.56 Å². The van der Waals surface area contributed by atoms with Crippen LogP contribution in [0, 0.1) is 17.8 Å². The smallest absolute Gasteiger partial charge is 0.0714 e. The Balaban J connectivity index is 1.08. The lowest BCUT2D eigenvalue weighted by molar-refractivity contribution is -0.00518. The van der Waals surface area contributed by atoms with E-state index in [4.69, 9.17) is 0 Å². The molecule has 0 unspecified atom stereocenters. The van der Waals surface area contributed by atoms with Gasteiger partial charge in [0.15, 0.2) is 0 Å². The number of para-hydroxylation sites is 1. The molecule has 0 radical (unpaired) electrons. The average Bonchev–Trinajstić information content (AvgIpc) is 3.60. The lowest BCUT2D eigenvalue weighted by Crippen LogP contribution is -2.48. The molecule has 4 saturated carbocycles. The molecule has 0 aliphatic heterocycles. The van der Waals surface area contributed by atoms with Gasteiger partial charge in [0.05, 0.1) is 11.1 Å². The maximum atomic E-state index is 2.55. The molecular weight excluding hydrogens is 723 g/mol. The van der Waals surface area contributed by atoms with E-state index in [1.165, 1.54) is 106 Å². The first kappa shape index (κ1) is 35.5. The molecule has 8 aromatic rings. The van der Waals surface area contributed by atoms with Gasteiger partial charge in [0.2, 0.25) is 0 Å². The van der Waals surface area contributed by atoms with Gasteiger partial charge in [0.25, 0.3) is 0 Å². The van der Waals surface area contributed by atoms with Crippen LogP contribution in [0.3, 0.4) is 0 Å². The zero-order valence-electron chi connectivity index (χ0n) is 34.1. The van der Waals surface area contributed by atoms with Crippen LogP contribution in [-0.4, -0.2) is 0 Å². The van der Waals surface area contributed by atoms with Gasteiger partial charge < -0.3 is 4.90 Å². The molecule has 0 heterocycles. The van der Waals surface area contributed by atoms with Crippen molar-refractivity contribution in [1.82, 2.24) is 0 Å². The Morgan fingerprint density at radius 3 is 1.47 bits per heavy atom. The number of hydrogen-bond acceptors (Lipinski definition) is 1. The summed E-state index contributed by atoms with van der Waals surface area (Å²) in [5.74, 6) is 2.73. The van der Waals surface area contributed by atoms with Gasteiger partial charge in [-0.05, 0) is 148 Å². The second-order valence-electron chi connectivity index (χ2n) is 18.3. The highest BCUT2D eigenvalue weighted by Gasteiger charge is 2.51. The quantitative estimate of drug-likeness (QED) is 0.149. The van der Waals surface area contributed by atoms with Gasteiger partial charge in [-0.2, -0.15) is 0 Å². The molecule has 4 bridgehead atoms. The topological polar surface area (TPSA) is 3.24 Å². The van der Waals surface area contributed by atoms with Crippen molar-refractivity contribution in [3.8, 4) is 33.4 Å². The fourth-order valence-corrected chi connectivity index (χ4v) is 12.9. The summed E-state index contributed by atoms with van der Waals surface area (Å²) in [6.45, 7) is 0. The summed E-state index contributed by atoms with van der Waals surface area (Å²) in [6.07, 6.45) is 8.49. The van der Waals surface area contributed by atoms with Crippen LogP contribution in [0.4, 0.5) is 17.1 Å². The summed E-state index contributed by atoms with van der Waals surface area (Å²) < 4.78 is 0. The van der Waals surface area contributed by atoms with Gasteiger partial charge in [0.1, 0.15) is 0 Å². The van der Waals surface area contributed by atoms with Crippen molar-refractivity contribution < 1.29 is 0 Å². The van der Waals surface area contributed by atoms with Crippen molar-refractivity contribution in [2.45, 2.75) is 49.4 Å². The lowest BCUT2D eigenvalue weighted by atomic mass is 9.48. The molecule has 13 rings (SSSR count). The van der Waals surface area contributed by atoms with E-state index in [1.807, 2.05) is 0 Å². The lowest BCUT2D eigenvalue weighted by Gasteiger charge is -2.57. The fourth-order valence-electron chi connectivity index (χ4n) is 12.9. The number of nitrogens with zero attached hydrogens (tertiary/aromatic N) is 1. The highest BCUT2D eigenvalue weighted by molar-refractivity contribution is 5.95. The highest BCUT2D eigenvalue weighted by Crippen LogP contribution is 2.61. The van der Waals surface area contributed by atoms with Crippen molar-refractivity contribution >= 4 is 17.1 Å². The van der Waals surface area contributed by atoms with Gasteiger partial charge in [-0.25, -0.2) is 0 Å². The third kappa shape index (κ3) is 5.52. The molecule has 0 saturated heterocycles. The van der Waals surface area contributed by atoms with Crippen LogP contribution in [0.5, 0.6) is 0 Å². The van der Waals surface area contributed by atoms with Crippen LogP contribution < -0.4 is 4.90 Å². The first-order chi connectivity index (χ1) is 29.7. The molecular formula is C59H49N. The molecule has 5 aliphatic rings. The van der Waals surface area contributed by atoms with Gasteiger partial charge in [-0.1, -0.05) is 176 Å². The van der Waals surface area contributed by atoms with Crippen LogP contribution >= 0.6 is 0 Å². The second-order valence-corrected chi connectivity index (χ2v) is 18.3. The molecule has 0 spiro atoms. The monoisotopic (exact) mass is 771 g/mol. The minimum absolute atomic E-state index is 0.342. The fraction of sp³-hybridized carbons (Fsp3) is 0.186. The predicted octanol–water partition coefficient (Wildman–Crippen LogP) is 15.3. The van der Waals surface area contributed by atoms with E-state index < -0.39 is 5.41 Å². The SMILES string of the molecule is c1ccc(-c2ccccc2-c2ccccc2N(c2ccc(C34CC5CC(CC(C5)C3)C4)cc2)c2ccc3c(c2)C(c2ccccc2)(c2ccccc2)c2ccccc2-3)cc1. The first-order valence-corrected chi connectivity index (χ1v) is 22.2. The summed E-state index contributed by atoms with van der Waals surface area (Å²) in [7, 11) is 0.